The van der Waals surface area contributed by atoms with Crippen LogP contribution >= 0.6 is 0 Å². The van der Waals surface area contributed by atoms with Crippen molar-refractivity contribution in [2.24, 2.45) is 0 Å². The Bertz CT molecular complexity index is 387. The van der Waals surface area contributed by atoms with E-state index < -0.39 is 5.97 Å². The molecule has 0 aliphatic carbocycles. The summed E-state index contributed by atoms with van der Waals surface area (Å²) in [6, 6.07) is 3.14. The van der Waals surface area contributed by atoms with E-state index in [4.69, 9.17) is 15.6 Å². The van der Waals surface area contributed by atoms with Gasteiger partial charge in [0.05, 0.1) is 18.8 Å². The zero-order valence-corrected chi connectivity index (χ0v) is 7.62. The number of carbonyl (C=O) groups is 1. The van der Waals surface area contributed by atoms with Gasteiger partial charge in [-0.3, -0.25) is 0 Å². The Balaban J connectivity index is 2.51. The lowest BCUT2D eigenvalue weighted by Gasteiger charge is -2.18. The van der Waals surface area contributed by atoms with E-state index in [1.165, 1.54) is 6.07 Å². The maximum Gasteiger partial charge on any atom is 0.335 e. The third-order valence-electron chi connectivity index (χ3n) is 2.38. The van der Waals surface area contributed by atoms with Gasteiger partial charge in [-0.25, -0.2) is 4.79 Å². The number of hydrogen-bond acceptors (Lipinski definition) is 3. The molecule has 0 unspecified atom stereocenters. The molecule has 1 aliphatic rings. The molecule has 0 spiro atoms. The van der Waals surface area contributed by atoms with E-state index in [1.54, 1.807) is 6.07 Å². The van der Waals surface area contributed by atoms with E-state index in [-0.39, 0.29) is 5.56 Å². The molecule has 4 heteroatoms. The zero-order chi connectivity index (χ0) is 10.1. The SMILES string of the molecule is Nc1cc(C(=O)O)cc2c1CCOC2. The van der Waals surface area contributed by atoms with Gasteiger partial charge >= 0.3 is 5.97 Å². The molecule has 2 rings (SSSR count). The highest BCUT2D eigenvalue weighted by Crippen LogP contribution is 2.24. The number of carboxylic acids is 1. The molecular weight excluding hydrogens is 182 g/mol. The maximum atomic E-state index is 10.7. The number of benzene rings is 1. The largest absolute Gasteiger partial charge is 0.478 e. The van der Waals surface area contributed by atoms with Crippen LogP contribution in [0, 0.1) is 0 Å². The van der Waals surface area contributed by atoms with E-state index >= 15 is 0 Å². The summed E-state index contributed by atoms with van der Waals surface area (Å²) >= 11 is 0. The first kappa shape index (κ1) is 9.02. The smallest absolute Gasteiger partial charge is 0.335 e. The number of aromatic carboxylic acids is 1. The molecule has 1 aromatic carbocycles. The van der Waals surface area contributed by atoms with Crippen LogP contribution in [-0.4, -0.2) is 17.7 Å². The third-order valence-corrected chi connectivity index (χ3v) is 2.38. The molecule has 1 aliphatic heterocycles. The molecule has 74 valence electrons. The molecule has 0 saturated carbocycles. The van der Waals surface area contributed by atoms with Gasteiger partial charge in [-0.2, -0.15) is 0 Å². The minimum atomic E-state index is -0.954. The fraction of sp³-hybridized carbons (Fsp3) is 0.300. The van der Waals surface area contributed by atoms with Gasteiger partial charge in [-0.1, -0.05) is 0 Å². The van der Waals surface area contributed by atoms with E-state index in [1.807, 2.05) is 0 Å². The molecule has 0 saturated heterocycles. The van der Waals surface area contributed by atoms with E-state index in [9.17, 15) is 4.79 Å². The first-order valence-corrected chi connectivity index (χ1v) is 4.41. The Hall–Kier alpha value is -1.55. The second-order valence-corrected chi connectivity index (χ2v) is 3.31. The quantitative estimate of drug-likeness (QED) is 0.653. The maximum absolute atomic E-state index is 10.7. The van der Waals surface area contributed by atoms with Gasteiger partial charge in [0.1, 0.15) is 0 Å². The van der Waals surface area contributed by atoms with Crippen molar-refractivity contribution in [1.82, 2.24) is 0 Å². The summed E-state index contributed by atoms with van der Waals surface area (Å²) in [7, 11) is 0. The molecular formula is C10H11NO3. The van der Waals surface area contributed by atoms with Gasteiger partial charge in [0.15, 0.2) is 0 Å². The summed E-state index contributed by atoms with van der Waals surface area (Å²) in [6.07, 6.45) is 0.765. The van der Waals surface area contributed by atoms with Crippen molar-refractivity contribution in [3.63, 3.8) is 0 Å². The van der Waals surface area contributed by atoms with Gasteiger partial charge < -0.3 is 15.6 Å². The molecule has 0 bridgehead atoms. The fourth-order valence-electron chi connectivity index (χ4n) is 1.67. The third kappa shape index (κ3) is 1.44. The van der Waals surface area contributed by atoms with Crippen LogP contribution in [0.1, 0.15) is 21.5 Å². The second kappa shape index (κ2) is 3.31. The van der Waals surface area contributed by atoms with Crippen molar-refractivity contribution in [3.05, 3.63) is 28.8 Å². The van der Waals surface area contributed by atoms with Crippen LogP contribution in [0.2, 0.25) is 0 Å². The summed E-state index contributed by atoms with van der Waals surface area (Å²) in [5, 5.41) is 8.81. The second-order valence-electron chi connectivity index (χ2n) is 3.31. The lowest BCUT2D eigenvalue weighted by Crippen LogP contribution is -2.13. The Kier molecular flexibility index (Phi) is 2.13. The molecule has 0 aromatic heterocycles. The monoisotopic (exact) mass is 193 g/mol. The van der Waals surface area contributed by atoms with Crippen LogP contribution in [-0.2, 0) is 17.8 Å². The number of anilines is 1. The average molecular weight is 193 g/mol. The topological polar surface area (TPSA) is 72.6 Å². The van der Waals surface area contributed by atoms with Crippen LogP contribution in [0.5, 0.6) is 0 Å². The number of ether oxygens (including phenoxy) is 1. The highest BCUT2D eigenvalue weighted by atomic mass is 16.5. The van der Waals surface area contributed by atoms with Crippen molar-refractivity contribution in [3.8, 4) is 0 Å². The minimum absolute atomic E-state index is 0.228. The molecule has 1 heterocycles. The lowest BCUT2D eigenvalue weighted by molar-refractivity contribution is 0.0696. The normalized spacial score (nSPS) is 14.9. The van der Waals surface area contributed by atoms with Crippen LogP contribution in [0.3, 0.4) is 0 Å². The van der Waals surface area contributed by atoms with Gasteiger partial charge in [-0.05, 0) is 29.7 Å². The van der Waals surface area contributed by atoms with Gasteiger partial charge in [0.25, 0.3) is 0 Å². The summed E-state index contributed by atoms with van der Waals surface area (Å²) in [4.78, 5) is 10.7. The molecule has 0 radical (unpaired) electrons. The molecule has 1 aromatic rings. The van der Waals surface area contributed by atoms with Crippen molar-refractivity contribution < 1.29 is 14.6 Å². The number of hydrogen-bond donors (Lipinski definition) is 2. The number of nitrogens with two attached hydrogens (primary N) is 1. The Labute approximate surface area is 81.3 Å². The summed E-state index contributed by atoms with van der Waals surface area (Å²) in [5.41, 5.74) is 8.47. The molecule has 14 heavy (non-hydrogen) atoms. The zero-order valence-electron chi connectivity index (χ0n) is 7.62. The van der Waals surface area contributed by atoms with Crippen LogP contribution in [0.4, 0.5) is 5.69 Å². The number of fused-ring (bicyclic) bond motifs is 1. The number of nitrogen functional groups attached to an aromatic ring is 1. The summed E-state index contributed by atoms with van der Waals surface area (Å²) < 4.78 is 5.24. The van der Waals surface area contributed by atoms with Crippen molar-refractivity contribution >= 4 is 11.7 Å². The standard InChI is InChI=1S/C10H11NO3/c11-9-4-6(10(12)13)3-7-5-14-2-1-8(7)9/h3-4H,1-2,5,11H2,(H,12,13). The van der Waals surface area contributed by atoms with E-state index in [0.717, 1.165) is 17.5 Å². The number of carboxylic acid groups (broad SMARTS) is 1. The molecule has 0 atom stereocenters. The van der Waals surface area contributed by atoms with Crippen LogP contribution in [0.15, 0.2) is 12.1 Å². The van der Waals surface area contributed by atoms with Crippen molar-refractivity contribution in [2.45, 2.75) is 13.0 Å². The first-order chi connectivity index (χ1) is 6.68. The Morgan fingerprint density at radius 1 is 1.50 bits per heavy atom. The molecule has 0 fully saturated rings. The highest BCUT2D eigenvalue weighted by molar-refractivity contribution is 5.89. The van der Waals surface area contributed by atoms with Crippen molar-refractivity contribution in [2.75, 3.05) is 12.3 Å². The van der Waals surface area contributed by atoms with Gasteiger partial charge in [0, 0.05) is 5.69 Å². The van der Waals surface area contributed by atoms with Gasteiger partial charge in [0.2, 0.25) is 0 Å². The average Bonchev–Trinajstić information content (AvgIpc) is 2.17. The minimum Gasteiger partial charge on any atom is -0.478 e. The Morgan fingerprint density at radius 3 is 3.00 bits per heavy atom. The van der Waals surface area contributed by atoms with Crippen molar-refractivity contribution in [1.29, 1.82) is 0 Å². The fourth-order valence-corrected chi connectivity index (χ4v) is 1.67. The lowest BCUT2D eigenvalue weighted by atomic mass is 9.98. The van der Waals surface area contributed by atoms with E-state index in [0.29, 0.717) is 18.9 Å². The summed E-state index contributed by atoms with van der Waals surface area (Å²) in [6.45, 7) is 1.12. The highest BCUT2D eigenvalue weighted by Gasteiger charge is 2.15. The Morgan fingerprint density at radius 2 is 2.29 bits per heavy atom. The predicted octanol–water partition coefficient (Wildman–Crippen LogP) is 1.04. The summed E-state index contributed by atoms with van der Waals surface area (Å²) in [5.74, 6) is -0.954. The molecule has 3 N–H and O–H groups in total. The molecule has 0 amide bonds. The number of rotatable bonds is 1. The van der Waals surface area contributed by atoms with Crippen LogP contribution in [0.25, 0.3) is 0 Å². The van der Waals surface area contributed by atoms with Gasteiger partial charge in [-0.15, -0.1) is 0 Å². The predicted molar refractivity (Wildman–Crippen MR) is 51.2 cm³/mol. The van der Waals surface area contributed by atoms with Crippen LogP contribution < -0.4 is 5.73 Å². The molecule has 4 nitrogen and oxygen atoms in total. The van der Waals surface area contributed by atoms with E-state index in [2.05, 4.69) is 0 Å². The first-order valence-electron chi connectivity index (χ1n) is 4.41.